The van der Waals surface area contributed by atoms with Gasteiger partial charge in [-0.05, 0) is 42.9 Å². The molecular weight excluding hydrogens is 250 g/mol. The normalized spacial score (nSPS) is 11.7. The molecule has 0 saturated carbocycles. The van der Waals surface area contributed by atoms with Crippen LogP contribution in [0.15, 0.2) is 29.3 Å². The fourth-order valence-corrected chi connectivity index (χ4v) is 1.82. The van der Waals surface area contributed by atoms with Gasteiger partial charge >= 0.3 is 0 Å². The van der Waals surface area contributed by atoms with E-state index in [1.807, 2.05) is 12.1 Å². The smallest absolute Gasteiger partial charge is 0.188 e. The lowest BCUT2D eigenvalue weighted by Crippen LogP contribution is -2.33. The van der Waals surface area contributed by atoms with Crippen molar-refractivity contribution in [3.63, 3.8) is 0 Å². The fraction of sp³-hybridized carbons (Fsp3) is 0.562. The molecule has 0 atom stereocenters. The number of methoxy groups -OCH3 is 1. The van der Waals surface area contributed by atoms with Gasteiger partial charge in [0.2, 0.25) is 0 Å². The lowest BCUT2D eigenvalue weighted by atomic mass is 10.1. The van der Waals surface area contributed by atoms with Crippen molar-refractivity contribution in [3.05, 3.63) is 29.8 Å². The number of aryl methyl sites for hydroxylation is 1. The van der Waals surface area contributed by atoms with Crippen LogP contribution < -0.4 is 15.8 Å². The Morgan fingerprint density at radius 3 is 2.60 bits per heavy atom. The van der Waals surface area contributed by atoms with Crippen molar-refractivity contribution >= 4 is 5.96 Å². The Morgan fingerprint density at radius 1 is 1.30 bits per heavy atom. The molecule has 112 valence electrons. The molecule has 0 aromatic heterocycles. The zero-order valence-corrected chi connectivity index (χ0v) is 12.9. The summed E-state index contributed by atoms with van der Waals surface area (Å²) >= 11 is 0. The van der Waals surface area contributed by atoms with Crippen molar-refractivity contribution in [3.8, 4) is 5.75 Å². The maximum atomic E-state index is 5.80. The zero-order valence-electron chi connectivity index (χ0n) is 12.9. The first-order chi connectivity index (χ1) is 9.61. The summed E-state index contributed by atoms with van der Waals surface area (Å²) in [5, 5.41) is 3.14. The van der Waals surface area contributed by atoms with Crippen molar-refractivity contribution in [2.75, 3.05) is 20.2 Å². The summed E-state index contributed by atoms with van der Waals surface area (Å²) in [7, 11) is 1.68. The van der Waals surface area contributed by atoms with E-state index in [1.54, 1.807) is 7.11 Å². The molecule has 0 aliphatic heterocycles. The van der Waals surface area contributed by atoms with Gasteiger partial charge in [0.1, 0.15) is 5.75 Å². The molecule has 1 aromatic carbocycles. The lowest BCUT2D eigenvalue weighted by Gasteiger charge is -2.07. The third-order valence-electron chi connectivity index (χ3n) is 3.09. The van der Waals surface area contributed by atoms with Gasteiger partial charge in [0.25, 0.3) is 0 Å². The molecule has 0 aliphatic carbocycles. The van der Waals surface area contributed by atoms with Gasteiger partial charge in [0.15, 0.2) is 5.96 Å². The minimum absolute atomic E-state index is 0.556. The Bertz CT molecular complexity index is 399. The van der Waals surface area contributed by atoms with Gasteiger partial charge in [-0.15, -0.1) is 0 Å². The summed E-state index contributed by atoms with van der Waals surface area (Å²) in [5.41, 5.74) is 7.10. The molecule has 3 N–H and O–H groups in total. The van der Waals surface area contributed by atoms with Gasteiger partial charge in [-0.3, -0.25) is 4.99 Å². The van der Waals surface area contributed by atoms with E-state index in [-0.39, 0.29) is 0 Å². The summed E-state index contributed by atoms with van der Waals surface area (Å²) in [5.74, 6) is 2.14. The molecule has 0 unspecified atom stereocenters. The summed E-state index contributed by atoms with van der Waals surface area (Å²) in [6.45, 7) is 6.05. The first-order valence-corrected chi connectivity index (χ1v) is 7.28. The summed E-state index contributed by atoms with van der Waals surface area (Å²) in [4.78, 5) is 4.33. The predicted molar refractivity (Wildman–Crippen MR) is 85.3 cm³/mol. The topological polar surface area (TPSA) is 59.6 Å². The number of hydrogen-bond donors (Lipinski definition) is 2. The maximum absolute atomic E-state index is 5.80. The monoisotopic (exact) mass is 277 g/mol. The van der Waals surface area contributed by atoms with Gasteiger partial charge in [-0.2, -0.15) is 0 Å². The van der Waals surface area contributed by atoms with Crippen molar-refractivity contribution in [1.29, 1.82) is 0 Å². The second kappa shape index (κ2) is 9.23. The van der Waals surface area contributed by atoms with E-state index < -0.39 is 0 Å². The van der Waals surface area contributed by atoms with Crippen molar-refractivity contribution in [2.45, 2.75) is 33.1 Å². The Kier molecular flexibility index (Phi) is 7.55. The van der Waals surface area contributed by atoms with Gasteiger partial charge < -0.3 is 15.8 Å². The highest BCUT2D eigenvalue weighted by Crippen LogP contribution is 2.12. The fourth-order valence-electron chi connectivity index (χ4n) is 1.82. The molecule has 0 fully saturated rings. The van der Waals surface area contributed by atoms with E-state index >= 15 is 0 Å². The number of hydrogen-bond acceptors (Lipinski definition) is 2. The minimum Gasteiger partial charge on any atom is -0.497 e. The van der Waals surface area contributed by atoms with Gasteiger partial charge in [-0.1, -0.05) is 26.0 Å². The number of nitrogens with zero attached hydrogens (tertiary/aromatic N) is 1. The Labute approximate surface area is 122 Å². The molecule has 20 heavy (non-hydrogen) atoms. The molecule has 4 heteroatoms. The van der Waals surface area contributed by atoms with Gasteiger partial charge in [0.05, 0.1) is 7.11 Å². The number of guanidine groups is 1. The van der Waals surface area contributed by atoms with Crippen LogP contribution >= 0.6 is 0 Å². The maximum Gasteiger partial charge on any atom is 0.188 e. The van der Waals surface area contributed by atoms with Crippen LogP contribution in [0, 0.1) is 5.92 Å². The molecule has 0 spiro atoms. The standard InChI is InChI=1S/C16H27N3O/c1-13(2)10-12-19-16(17)18-11-4-5-14-6-8-15(20-3)9-7-14/h6-9,13H,4-5,10-12H2,1-3H3,(H3,17,18,19). The second-order valence-electron chi connectivity index (χ2n) is 5.33. The van der Waals surface area contributed by atoms with E-state index in [9.17, 15) is 0 Å². The van der Waals surface area contributed by atoms with Crippen LogP contribution in [0.4, 0.5) is 0 Å². The van der Waals surface area contributed by atoms with E-state index in [1.165, 1.54) is 5.56 Å². The summed E-state index contributed by atoms with van der Waals surface area (Å²) in [6.07, 6.45) is 3.12. The molecular formula is C16H27N3O. The minimum atomic E-state index is 0.556. The van der Waals surface area contributed by atoms with Gasteiger partial charge in [0, 0.05) is 13.1 Å². The van der Waals surface area contributed by atoms with Crippen LogP contribution in [0.1, 0.15) is 32.3 Å². The first kappa shape index (κ1) is 16.3. The summed E-state index contributed by atoms with van der Waals surface area (Å²) in [6, 6.07) is 8.15. The molecule has 0 heterocycles. The average molecular weight is 277 g/mol. The number of rotatable bonds is 8. The highest BCUT2D eigenvalue weighted by Gasteiger charge is 1.96. The van der Waals surface area contributed by atoms with Crippen molar-refractivity contribution in [1.82, 2.24) is 5.32 Å². The SMILES string of the molecule is COc1ccc(CCCN=C(N)NCCC(C)C)cc1. The van der Waals surface area contributed by atoms with Crippen LogP contribution in [0.25, 0.3) is 0 Å². The number of benzene rings is 1. The van der Waals surface area contributed by atoms with E-state index in [4.69, 9.17) is 10.5 Å². The Hall–Kier alpha value is -1.71. The lowest BCUT2D eigenvalue weighted by molar-refractivity contribution is 0.414. The number of ether oxygens (including phenoxy) is 1. The van der Waals surface area contributed by atoms with E-state index in [0.717, 1.165) is 38.1 Å². The largest absolute Gasteiger partial charge is 0.497 e. The number of aliphatic imine (C=N–C) groups is 1. The van der Waals surface area contributed by atoms with Crippen LogP contribution in [0.2, 0.25) is 0 Å². The van der Waals surface area contributed by atoms with Crippen molar-refractivity contribution in [2.24, 2.45) is 16.6 Å². The van der Waals surface area contributed by atoms with E-state index in [2.05, 4.69) is 36.3 Å². The number of nitrogens with two attached hydrogens (primary N) is 1. The Balaban J connectivity index is 2.19. The average Bonchev–Trinajstić information content (AvgIpc) is 2.44. The van der Waals surface area contributed by atoms with Crippen LogP contribution in [-0.4, -0.2) is 26.2 Å². The third kappa shape index (κ3) is 7.02. The highest BCUT2D eigenvalue weighted by atomic mass is 16.5. The predicted octanol–water partition coefficient (Wildman–Crippen LogP) is 2.58. The summed E-state index contributed by atoms with van der Waals surface area (Å²) < 4.78 is 5.13. The van der Waals surface area contributed by atoms with E-state index in [0.29, 0.717) is 11.9 Å². The van der Waals surface area contributed by atoms with Gasteiger partial charge in [-0.25, -0.2) is 0 Å². The number of nitrogens with one attached hydrogen (secondary N) is 1. The van der Waals surface area contributed by atoms with Crippen molar-refractivity contribution < 1.29 is 4.74 Å². The third-order valence-corrected chi connectivity index (χ3v) is 3.09. The van der Waals surface area contributed by atoms with Crippen LogP contribution in [0.3, 0.4) is 0 Å². The highest BCUT2D eigenvalue weighted by molar-refractivity contribution is 5.77. The second-order valence-corrected chi connectivity index (χ2v) is 5.33. The van der Waals surface area contributed by atoms with Crippen LogP contribution in [-0.2, 0) is 6.42 Å². The molecule has 0 radical (unpaired) electrons. The molecule has 4 nitrogen and oxygen atoms in total. The molecule has 1 aromatic rings. The van der Waals surface area contributed by atoms with Crippen LogP contribution in [0.5, 0.6) is 5.75 Å². The molecule has 0 bridgehead atoms. The quantitative estimate of drug-likeness (QED) is 0.436. The first-order valence-electron chi connectivity index (χ1n) is 7.28. The molecule has 0 saturated heterocycles. The molecule has 0 aliphatic rings. The molecule has 0 amide bonds. The molecule has 1 rings (SSSR count). The zero-order chi connectivity index (χ0) is 14.8. The Morgan fingerprint density at radius 2 is 2.00 bits per heavy atom.